The summed E-state index contributed by atoms with van der Waals surface area (Å²) in [7, 11) is 0. The summed E-state index contributed by atoms with van der Waals surface area (Å²) in [4.78, 5) is 3.71. The van der Waals surface area contributed by atoms with Crippen LogP contribution in [-0.4, -0.2) is 14.8 Å². The number of halogens is 3. The highest BCUT2D eigenvalue weighted by atomic mass is 19.4. The summed E-state index contributed by atoms with van der Waals surface area (Å²) in [6.45, 7) is 0. The number of aromatic nitrogens is 3. The lowest BCUT2D eigenvalue weighted by Gasteiger charge is -2.07. The van der Waals surface area contributed by atoms with E-state index < -0.39 is 17.8 Å². The number of hydrogen-bond acceptors (Lipinski definition) is 2. The molecule has 0 aromatic carbocycles. The Labute approximate surface area is 84.6 Å². The number of alkyl halides is 3. The van der Waals surface area contributed by atoms with Crippen LogP contribution in [0.3, 0.4) is 0 Å². The first-order valence-electron chi connectivity index (χ1n) is 4.52. The van der Waals surface area contributed by atoms with Gasteiger partial charge in [-0.3, -0.25) is 0 Å². The minimum absolute atomic E-state index is 0.0355. The molecule has 3 nitrogen and oxygen atoms in total. The quantitative estimate of drug-likeness (QED) is 0.729. The normalized spacial score (nSPS) is 12.6. The van der Waals surface area contributed by atoms with Crippen LogP contribution in [0.25, 0.3) is 5.82 Å². The van der Waals surface area contributed by atoms with Crippen LogP contribution in [-0.2, 0) is 6.18 Å². The van der Waals surface area contributed by atoms with Gasteiger partial charge < -0.3 is 0 Å². The van der Waals surface area contributed by atoms with E-state index in [1.54, 1.807) is 6.07 Å². The maximum absolute atomic E-state index is 12.5. The van der Waals surface area contributed by atoms with Crippen molar-refractivity contribution in [3.8, 4) is 5.82 Å². The summed E-state index contributed by atoms with van der Waals surface area (Å²) >= 11 is 0. The van der Waals surface area contributed by atoms with Crippen molar-refractivity contribution < 1.29 is 14.5 Å². The van der Waals surface area contributed by atoms with Gasteiger partial charge >= 0.3 is 6.18 Å². The molecule has 2 aromatic heterocycles. The second kappa shape index (κ2) is 3.38. The molecule has 78 valence electrons. The molecule has 0 spiro atoms. The topological polar surface area (TPSA) is 30.7 Å². The van der Waals surface area contributed by atoms with Crippen molar-refractivity contribution in [1.82, 2.24) is 14.8 Å². The van der Waals surface area contributed by atoms with Gasteiger partial charge in [0.05, 0.1) is 6.93 Å². The molecule has 0 unspecified atom stereocenters. The molecule has 2 aromatic rings. The molecule has 0 aliphatic rings. The molecule has 0 radical (unpaired) electrons. The van der Waals surface area contributed by atoms with Crippen molar-refractivity contribution in [2.75, 3.05) is 0 Å². The van der Waals surface area contributed by atoms with E-state index in [9.17, 15) is 13.2 Å². The lowest BCUT2D eigenvalue weighted by Crippen LogP contribution is -2.07. The fraction of sp³-hybridized carbons (Fsp3) is 0.111. The molecule has 0 fully saturated rings. The van der Waals surface area contributed by atoms with E-state index in [2.05, 4.69) is 10.1 Å². The summed E-state index contributed by atoms with van der Waals surface area (Å²) in [5.41, 5.74) is -1.02. The van der Waals surface area contributed by atoms with E-state index in [4.69, 9.17) is 1.37 Å². The summed E-state index contributed by atoms with van der Waals surface area (Å²) in [5, 5.41) is 3.76. The maximum Gasteiger partial charge on any atom is 0.416 e. The van der Waals surface area contributed by atoms with Gasteiger partial charge in [-0.1, -0.05) is 0 Å². The second-order valence-electron chi connectivity index (χ2n) is 2.77. The smallest absolute Gasteiger partial charge is 0.237 e. The third kappa shape index (κ3) is 1.98. The molecule has 2 heterocycles. The summed E-state index contributed by atoms with van der Waals surface area (Å²) in [5.74, 6) is 0.0355. The zero-order valence-electron chi connectivity index (χ0n) is 8.36. The Hall–Kier alpha value is -1.85. The fourth-order valence-electron chi connectivity index (χ4n) is 1.07. The highest BCUT2D eigenvalue weighted by Gasteiger charge is 2.30. The van der Waals surface area contributed by atoms with Gasteiger partial charge in [0.2, 0.25) is 0 Å². The molecule has 0 aliphatic carbocycles. The van der Waals surface area contributed by atoms with Gasteiger partial charge in [-0.2, -0.15) is 18.3 Å². The molecule has 6 heteroatoms. The van der Waals surface area contributed by atoms with Crippen LogP contribution in [0.15, 0.2) is 36.8 Å². The van der Waals surface area contributed by atoms with Crippen LogP contribution in [0, 0.1) is 0 Å². The SMILES string of the molecule is [2H]c1cnc(-n2cccn2)cc1C(F)(F)F. The van der Waals surface area contributed by atoms with Gasteiger partial charge in [-0.05, 0) is 18.2 Å². The molecule has 0 atom stereocenters. The minimum Gasteiger partial charge on any atom is -0.237 e. The molecule has 15 heavy (non-hydrogen) atoms. The van der Waals surface area contributed by atoms with Crippen molar-refractivity contribution in [1.29, 1.82) is 0 Å². The predicted molar refractivity (Wildman–Crippen MR) is 46.4 cm³/mol. The zero-order chi connectivity index (χ0) is 11.8. The van der Waals surface area contributed by atoms with Gasteiger partial charge in [0.1, 0.15) is 0 Å². The average Bonchev–Trinajstić information content (AvgIpc) is 2.69. The first kappa shape index (κ1) is 8.46. The molecule has 0 saturated heterocycles. The van der Waals surface area contributed by atoms with Crippen LogP contribution in [0.4, 0.5) is 13.2 Å². The number of pyridine rings is 1. The van der Waals surface area contributed by atoms with Crippen LogP contribution in [0.5, 0.6) is 0 Å². The number of nitrogens with zero attached hydrogens (tertiary/aromatic N) is 3. The number of hydrogen-bond donors (Lipinski definition) is 0. The van der Waals surface area contributed by atoms with E-state index in [0.717, 1.165) is 12.3 Å². The van der Waals surface area contributed by atoms with Crippen LogP contribution in [0.2, 0.25) is 0 Å². The summed E-state index contributed by atoms with van der Waals surface area (Å²) in [6, 6.07) is 1.72. The van der Waals surface area contributed by atoms with E-state index in [-0.39, 0.29) is 5.82 Å². The van der Waals surface area contributed by atoms with E-state index in [1.807, 2.05) is 0 Å². The van der Waals surface area contributed by atoms with Crippen molar-refractivity contribution in [2.24, 2.45) is 0 Å². The molecular weight excluding hydrogens is 207 g/mol. The first-order chi connectivity index (χ1) is 7.48. The molecule has 0 amide bonds. The minimum atomic E-state index is -4.55. The highest BCUT2D eigenvalue weighted by Crippen LogP contribution is 2.29. The van der Waals surface area contributed by atoms with Gasteiger partial charge in [0.25, 0.3) is 0 Å². The maximum atomic E-state index is 12.5. The fourth-order valence-corrected chi connectivity index (χ4v) is 1.07. The lowest BCUT2D eigenvalue weighted by atomic mass is 10.2. The average molecular weight is 214 g/mol. The Morgan fingerprint density at radius 3 is 2.73 bits per heavy atom. The lowest BCUT2D eigenvalue weighted by molar-refractivity contribution is -0.137. The van der Waals surface area contributed by atoms with Crippen LogP contribution >= 0.6 is 0 Å². The largest absolute Gasteiger partial charge is 0.416 e. The van der Waals surface area contributed by atoms with Gasteiger partial charge in [0.15, 0.2) is 5.82 Å². The first-order valence-corrected chi connectivity index (χ1v) is 4.02. The van der Waals surface area contributed by atoms with Gasteiger partial charge in [-0.15, -0.1) is 0 Å². The van der Waals surface area contributed by atoms with Gasteiger partial charge in [0, 0.05) is 18.6 Å². The van der Waals surface area contributed by atoms with Crippen molar-refractivity contribution >= 4 is 0 Å². The summed E-state index contributed by atoms with van der Waals surface area (Å²) in [6.07, 6.45) is -0.780. The van der Waals surface area contributed by atoms with Crippen molar-refractivity contribution in [3.05, 3.63) is 42.3 Å². The van der Waals surface area contributed by atoms with Crippen molar-refractivity contribution in [3.63, 3.8) is 0 Å². The highest BCUT2D eigenvalue weighted by molar-refractivity contribution is 5.28. The molecule has 0 N–H and O–H groups in total. The predicted octanol–water partition coefficient (Wildman–Crippen LogP) is 2.29. The standard InChI is InChI=1S/C9H6F3N3/c10-9(11,12)7-2-4-13-8(6-7)15-5-1-3-14-15/h1-6H/i2D. The Bertz CT molecular complexity index is 493. The van der Waals surface area contributed by atoms with Crippen LogP contribution < -0.4 is 0 Å². The Morgan fingerprint density at radius 2 is 2.13 bits per heavy atom. The third-order valence-corrected chi connectivity index (χ3v) is 1.73. The van der Waals surface area contributed by atoms with Crippen molar-refractivity contribution in [2.45, 2.75) is 6.18 Å². The summed E-state index contributed by atoms with van der Waals surface area (Å²) < 4.78 is 45.8. The van der Waals surface area contributed by atoms with Gasteiger partial charge in [-0.25, -0.2) is 9.67 Å². The van der Waals surface area contributed by atoms with Crippen LogP contribution in [0.1, 0.15) is 6.93 Å². The van der Waals surface area contributed by atoms with E-state index >= 15 is 0 Å². The molecular formula is C9H6F3N3. The third-order valence-electron chi connectivity index (χ3n) is 1.73. The monoisotopic (exact) mass is 214 g/mol. The number of rotatable bonds is 1. The second-order valence-corrected chi connectivity index (χ2v) is 2.77. The molecule has 0 bridgehead atoms. The zero-order valence-corrected chi connectivity index (χ0v) is 7.36. The molecule has 0 saturated carbocycles. The Kier molecular flexibility index (Phi) is 1.90. The molecule has 0 aliphatic heterocycles. The van der Waals surface area contributed by atoms with E-state index in [1.165, 1.54) is 17.1 Å². The Morgan fingerprint density at radius 1 is 1.33 bits per heavy atom. The Balaban J connectivity index is 2.52. The molecule has 2 rings (SSSR count). The van der Waals surface area contributed by atoms with E-state index in [0.29, 0.717) is 0 Å².